The number of nitrogens with one attached hydrogen (secondary N) is 1. The molecule has 1 aromatic carbocycles. The van der Waals surface area contributed by atoms with Crippen LogP contribution >= 0.6 is 0 Å². The van der Waals surface area contributed by atoms with Crippen molar-refractivity contribution in [1.82, 2.24) is 9.78 Å². The molecule has 0 atom stereocenters. The summed E-state index contributed by atoms with van der Waals surface area (Å²) in [5.74, 6) is -0.207. The zero-order valence-corrected chi connectivity index (χ0v) is 9.37. The van der Waals surface area contributed by atoms with E-state index < -0.39 is 0 Å². The van der Waals surface area contributed by atoms with Crippen LogP contribution in [-0.4, -0.2) is 9.78 Å². The fourth-order valence-corrected chi connectivity index (χ4v) is 1.47. The normalized spacial score (nSPS) is 10.4. The molecule has 0 aliphatic rings. The summed E-state index contributed by atoms with van der Waals surface area (Å²) in [6.45, 7) is 2.67. The van der Waals surface area contributed by atoms with Gasteiger partial charge in [-0.1, -0.05) is 12.1 Å². The molecule has 0 spiro atoms. The molecule has 0 aliphatic carbocycles. The number of hydrogen-bond donors (Lipinski definition) is 1. The number of aromatic nitrogens is 2. The minimum atomic E-state index is -0.207. The summed E-state index contributed by atoms with van der Waals surface area (Å²) in [5.41, 5.74) is 3.14. The Bertz CT molecular complexity index is 474. The van der Waals surface area contributed by atoms with E-state index in [1.165, 1.54) is 12.1 Å². The van der Waals surface area contributed by atoms with E-state index in [-0.39, 0.29) is 5.82 Å². The van der Waals surface area contributed by atoms with Crippen LogP contribution in [-0.2, 0) is 13.6 Å². The van der Waals surface area contributed by atoms with Crippen LogP contribution in [0, 0.1) is 12.7 Å². The van der Waals surface area contributed by atoms with Gasteiger partial charge >= 0.3 is 0 Å². The maximum absolute atomic E-state index is 12.7. The number of halogens is 1. The van der Waals surface area contributed by atoms with E-state index in [9.17, 15) is 4.39 Å². The van der Waals surface area contributed by atoms with E-state index in [0.29, 0.717) is 6.54 Å². The van der Waals surface area contributed by atoms with Crippen LogP contribution < -0.4 is 5.32 Å². The van der Waals surface area contributed by atoms with Crippen molar-refractivity contribution in [1.29, 1.82) is 0 Å². The van der Waals surface area contributed by atoms with Crippen LogP contribution in [0.1, 0.15) is 11.3 Å². The lowest BCUT2D eigenvalue weighted by atomic mass is 10.2. The average molecular weight is 219 g/mol. The Kier molecular flexibility index (Phi) is 2.90. The topological polar surface area (TPSA) is 29.9 Å². The fourth-order valence-electron chi connectivity index (χ4n) is 1.47. The number of rotatable bonds is 3. The van der Waals surface area contributed by atoms with Crippen LogP contribution in [0.25, 0.3) is 0 Å². The summed E-state index contributed by atoms with van der Waals surface area (Å²) < 4.78 is 14.5. The monoisotopic (exact) mass is 219 g/mol. The second kappa shape index (κ2) is 4.35. The predicted octanol–water partition coefficient (Wildman–Crippen LogP) is 2.48. The molecule has 0 amide bonds. The lowest BCUT2D eigenvalue weighted by Gasteiger charge is -2.05. The first-order valence-corrected chi connectivity index (χ1v) is 5.14. The summed E-state index contributed by atoms with van der Waals surface area (Å²) in [6.07, 6.45) is 1.79. The van der Waals surface area contributed by atoms with Gasteiger partial charge in [0.2, 0.25) is 0 Å². The number of nitrogens with zero attached hydrogens (tertiary/aromatic N) is 2. The molecule has 16 heavy (non-hydrogen) atoms. The van der Waals surface area contributed by atoms with Crippen molar-refractivity contribution in [2.24, 2.45) is 7.05 Å². The highest BCUT2D eigenvalue weighted by molar-refractivity contribution is 5.46. The molecule has 0 radical (unpaired) electrons. The third-order valence-corrected chi connectivity index (χ3v) is 2.63. The van der Waals surface area contributed by atoms with Crippen molar-refractivity contribution in [2.75, 3.05) is 5.32 Å². The third kappa shape index (κ3) is 2.21. The number of anilines is 1. The number of benzene rings is 1. The SMILES string of the molecule is Cc1c(NCc2ccc(F)cc2)cnn1C. The Morgan fingerprint density at radius 3 is 2.56 bits per heavy atom. The van der Waals surface area contributed by atoms with E-state index >= 15 is 0 Å². The molecule has 0 bridgehead atoms. The zero-order chi connectivity index (χ0) is 11.5. The van der Waals surface area contributed by atoms with E-state index in [1.807, 2.05) is 18.7 Å². The van der Waals surface area contributed by atoms with Crippen LogP contribution in [0.2, 0.25) is 0 Å². The molecule has 4 heteroatoms. The summed E-state index contributed by atoms with van der Waals surface area (Å²) in [5, 5.41) is 7.40. The molecule has 3 nitrogen and oxygen atoms in total. The van der Waals surface area contributed by atoms with Gasteiger partial charge in [0.1, 0.15) is 5.82 Å². The zero-order valence-electron chi connectivity index (χ0n) is 9.37. The predicted molar refractivity (Wildman–Crippen MR) is 61.7 cm³/mol. The fraction of sp³-hybridized carbons (Fsp3) is 0.250. The molecule has 0 fully saturated rings. The minimum Gasteiger partial charge on any atom is -0.378 e. The first kappa shape index (κ1) is 10.7. The maximum Gasteiger partial charge on any atom is 0.123 e. The van der Waals surface area contributed by atoms with Crippen molar-refractivity contribution in [3.63, 3.8) is 0 Å². The van der Waals surface area contributed by atoms with Crippen molar-refractivity contribution in [3.05, 3.63) is 47.5 Å². The Morgan fingerprint density at radius 1 is 1.31 bits per heavy atom. The van der Waals surface area contributed by atoms with E-state index in [2.05, 4.69) is 10.4 Å². The molecule has 0 aliphatic heterocycles. The average Bonchev–Trinajstić information content (AvgIpc) is 2.60. The van der Waals surface area contributed by atoms with E-state index in [0.717, 1.165) is 16.9 Å². The largest absolute Gasteiger partial charge is 0.378 e. The standard InChI is InChI=1S/C12H14FN3/c1-9-12(8-15-16(9)2)14-7-10-3-5-11(13)6-4-10/h3-6,8,14H,7H2,1-2H3. The van der Waals surface area contributed by atoms with Gasteiger partial charge in [0.25, 0.3) is 0 Å². The smallest absolute Gasteiger partial charge is 0.123 e. The van der Waals surface area contributed by atoms with Gasteiger partial charge in [-0.3, -0.25) is 4.68 Å². The summed E-state index contributed by atoms with van der Waals surface area (Å²) >= 11 is 0. The highest BCUT2D eigenvalue weighted by atomic mass is 19.1. The molecule has 2 rings (SSSR count). The Hall–Kier alpha value is -1.84. The van der Waals surface area contributed by atoms with Crippen molar-refractivity contribution in [3.8, 4) is 0 Å². The summed E-state index contributed by atoms with van der Waals surface area (Å²) in [7, 11) is 1.90. The molecule has 2 aromatic rings. The number of hydrogen-bond acceptors (Lipinski definition) is 2. The highest BCUT2D eigenvalue weighted by Crippen LogP contribution is 2.13. The molecule has 1 heterocycles. The van der Waals surface area contributed by atoms with Crippen LogP contribution in [0.15, 0.2) is 30.5 Å². The second-order valence-corrected chi connectivity index (χ2v) is 3.75. The Balaban J connectivity index is 2.02. The van der Waals surface area contributed by atoms with Gasteiger partial charge in [0.15, 0.2) is 0 Å². The first-order valence-electron chi connectivity index (χ1n) is 5.14. The van der Waals surface area contributed by atoms with Gasteiger partial charge in [-0.15, -0.1) is 0 Å². The summed E-state index contributed by atoms with van der Waals surface area (Å²) in [6, 6.07) is 6.47. The summed E-state index contributed by atoms with van der Waals surface area (Å²) in [4.78, 5) is 0. The number of aryl methyl sites for hydroxylation is 1. The van der Waals surface area contributed by atoms with E-state index in [1.54, 1.807) is 18.3 Å². The van der Waals surface area contributed by atoms with Crippen molar-refractivity contribution in [2.45, 2.75) is 13.5 Å². The Labute approximate surface area is 93.9 Å². The van der Waals surface area contributed by atoms with Crippen molar-refractivity contribution < 1.29 is 4.39 Å². The minimum absolute atomic E-state index is 0.207. The van der Waals surface area contributed by atoms with Crippen LogP contribution in [0.3, 0.4) is 0 Å². The maximum atomic E-state index is 12.7. The van der Waals surface area contributed by atoms with Gasteiger partial charge < -0.3 is 5.32 Å². The second-order valence-electron chi connectivity index (χ2n) is 3.75. The molecular formula is C12H14FN3. The highest BCUT2D eigenvalue weighted by Gasteiger charge is 2.02. The van der Waals surface area contributed by atoms with Crippen LogP contribution in [0.5, 0.6) is 0 Å². The molecule has 84 valence electrons. The quantitative estimate of drug-likeness (QED) is 0.859. The Morgan fingerprint density at radius 2 is 2.00 bits per heavy atom. The lowest BCUT2D eigenvalue weighted by Crippen LogP contribution is -2.01. The van der Waals surface area contributed by atoms with Gasteiger partial charge in [-0.25, -0.2) is 4.39 Å². The molecule has 0 unspecified atom stereocenters. The molecular weight excluding hydrogens is 205 g/mol. The van der Waals surface area contributed by atoms with Crippen molar-refractivity contribution >= 4 is 5.69 Å². The van der Waals surface area contributed by atoms with Crippen LogP contribution in [0.4, 0.5) is 10.1 Å². The lowest BCUT2D eigenvalue weighted by molar-refractivity contribution is 0.627. The first-order chi connectivity index (χ1) is 7.66. The van der Waals surface area contributed by atoms with E-state index in [4.69, 9.17) is 0 Å². The van der Waals surface area contributed by atoms with Gasteiger partial charge in [-0.05, 0) is 24.6 Å². The third-order valence-electron chi connectivity index (χ3n) is 2.63. The van der Waals surface area contributed by atoms with Gasteiger partial charge in [0.05, 0.1) is 17.6 Å². The van der Waals surface area contributed by atoms with Gasteiger partial charge in [-0.2, -0.15) is 5.10 Å². The molecule has 0 saturated carbocycles. The molecule has 1 aromatic heterocycles. The molecule has 1 N–H and O–H groups in total. The van der Waals surface area contributed by atoms with Gasteiger partial charge in [0, 0.05) is 13.6 Å². The molecule has 0 saturated heterocycles.